The predicted molar refractivity (Wildman–Crippen MR) is 76.8 cm³/mol. The maximum absolute atomic E-state index is 12.4. The van der Waals surface area contributed by atoms with Crippen molar-refractivity contribution in [2.75, 3.05) is 39.5 Å². The maximum atomic E-state index is 12.4. The Morgan fingerprint density at radius 1 is 1.38 bits per heavy atom. The fourth-order valence-electron chi connectivity index (χ4n) is 2.56. The van der Waals surface area contributed by atoms with Crippen LogP contribution in [0.5, 0.6) is 0 Å². The molecular weight excluding hydrogens is 274 g/mol. The Morgan fingerprint density at radius 2 is 2.19 bits per heavy atom. The first-order chi connectivity index (χ1) is 10.1. The third-order valence-corrected chi connectivity index (χ3v) is 3.59. The molecule has 0 saturated carbocycles. The highest BCUT2D eigenvalue weighted by Crippen LogP contribution is 2.12. The van der Waals surface area contributed by atoms with Crippen molar-refractivity contribution in [3.8, 4) is 0 Å². The number of ether oxygens (including phenoxy) is 2. The molecular formula is C14H25N3O4. The number of hydrogen-bond donors (Lipinski definition) is 2. The van der Waals surface area contributed by atoms with Gasteiger partial charge in [-0.1, -0.05) is 0 Å². The van der Waals surface area contributed by atoms with Crippen molar-refractivity contribution in [1.82, 2.24) is 15.5 Å². The molecule has 7 heteroatoms. The molecule has 0 aliphatic carbocycles. The van der Waals surface area contributed by atoms with Gasteiger partial charge >= 0.3 is 0 Å². The van der Waals surface area contributed by atoms with Crippen LogP contribution in [0.3, 0.4) is 0 Å². The van der Waals surface area contributed by atoms with Gasteiger partial charge < -0.3 is 25.0 Å². The number of amides is 2. The van der Waals surface area contributed by atoms with E-state index in [1.54, 1.807) is 4.90 Å². The third kappa shape index (κ3) is 4.66. The van der Waals surface area contributed by atoms with Crippen LogP contribution in [0, 0.1) is 0 Å². The van der Waals surface area contributed by atoms with Gasteiger partial charge in [-0.3, -0.25) is 9.59 Å². The van der Waals surface area contributed by atoms with Gasteiger partial charge in [0, 0.05) is 25.7 Å². The van der Waals surface area contributed by atoms with Gasteiger partial charge in [-0.25, -0.2) is 0 Å². The van der Waals surface area contributed by atoms with Gasteiger partial charge in [-0.15, -0.1) is 0 Å². The standard InChI is InChI=1S/C14H25N3O4/c1-10(2)16-14(19)12-9-20-6-4-17(12)13(18)7-11-8-15-3-5-21-11/h10-12,15H,3-9H2,1-2H3,(H,16,19). The SMILES string of the molecule is CC(C)NC(=O)C1COCCN1C(=O)CC1CNCCO1. The van der Waals surface area contributed by atoms with Gasteiger partial charge in [-0.2, -0.15) is 0 Å². The van der Waals surface area contributed by atoms with E-state index in [0.29, 0.717) is 32.7 Å². The Balaban J connectivity index is 1.93. The van der Waals surface area contributed by atoms with Crippen LogP contribution in [0.2, 0.25) is 0 Å². The first kappa shape index (κ1) is 16.2. The Bertz CT molecular complexity index is 369. The van der Waals surface area contributed by atoms with Gasteiger partial charge in [0.2, 0.25) is 11.8 Å². The van der Waals surface area contributed by atoms with E-state index in [2.05, 4.69) is 10.6 Å². The minimum atomic E-state index is -0.537. The molecule has 0 radical (unpaired) electrons. The molecule has 2 amide bonds. The molecule has 2 N–H and O–H groups in total. The Hall–Kier alpha value is -1.18. The first-order valence-corrected chi connectivity index (χ1v) is 7.58. The maximum Gasteiger partial charge on any atom is 0.245 e. The molecule has 0 aromatic rings. The zero-order chi connectivity index (χ0) is 15.2. The summed E-state index contributed by atoms with van der Waals surface area (Å²) in [6.07, 6.45) is 0.196. The summed E-state index contributed by atoms with van der Waals surface area (Å²) in [7, 11) is 0. The van der Waals surface area contributed by atoms with E-state index in [9.17, 15) is 9.59 Å². The van der Waals surface area contributed by atoms with E-state index in [1.165, 1.54) is 0 Å². The Kier molecular flexibility index (Phi) is 5.96. The summed E-state index contributed by atoms with van der Waals surface area (Å²) in [5, 5.41) is 6.05. The monoisotopic (exact) mass is 299 g/mol. The molecule has 0 spiro atoms. The van der Waals surface area contributed by atoms with Crippen LogP contribution in [0.25, 0.3) is 0 Å². The number of hydrogen-bond acceptors (Lipinski definition) is 5. The molecule has 0 aromatic heterocycles. The van der Waals surface area contributed by atoms with Crippen LogP contribution in [-0.2, 0) is 19.1 Å². The Labute approximate surface area is 125 Å². The molecule has 2 saturated heterocycles. The highest BCUT2D eigenvalue weighted by atomic mass is 16.5. The molecule has 2 aliphatic heterocycles. The Morgan fingerprint density at radius 3 is 2.86 bits per heavy atom. The van der Waals surface area contributed by atoms with E-state index >= 15 is 0 Å². The average Bonchev–Trinajstić information content (AvgIpc) is 2.47. The molecule has 120 valence electrons. The van der Waals surface area contributed by atoms with Crippen LogP contribution < -0.4 is 10.6 Å². The molecule has 2 aliphatic rings. The van der Waals surface area contributed by atoms with Crippen molar-refractivity contribution in [2.24, 2.45) is 0 Å². The molecule has 2 heterocycles. The third-order valence-electron chi connectivity index (χ3n) is 3.59. The van der Waals surface area contributed by atoms with Gasteiger partial charge in [0.15, 0.2) is 0 Å². The molecule has 2 rings (SSSR count). The highest BCUT2D eigenvalue weighted by Gasteiger charge is 2.34. The fourth-order valence-corrected chi connectivity index (χ4v) is 2.56. The lowest BCUT2D eigenvalue weighted by atomic mass is 10.1. The first-order valence-electron chi connectivity index (χ1n) is 7.58. The van der Waals surface area contributed by atoms with E-state index in [0.717, 1.165) is 6.54 Å². The van der Waals surface area contributed by atoms with Gasteiger partial charge in [0.25, 0.3) is 0 Å². The van der Waals surface area contributed by atoms with E-state index in [4.69, 9.17) is 9.47 Å². The molecule has 7 nitrogen and oxygen atoms in total. The minimum Gasteiger partial charge on any atom is -0.377 e. The lowest BCUT2D eigenvalue weighted by molar-refractivity contribution is -0.151. The van der Waals surface area contributed by atoms with Crippen LogP contribution in [0.4, 0.5) is 0 Å². The van der Waals surface area contributed by atoms with Crippen molar-refractivity contribution in [2.45, 2.75) is 38.5 Å². The number of morpholine rings is 2. The van der Waals surface area contributed by atoms with Crippen LogP contribution >= 0.6 is 0 Å². The normalized spacial score (nSPS) is 26.7. The van der Waals surface area contributed by atoms with Gasteiger partial charge in [0.1, 0.15) is 6.04 Å². The number of nitrogens with zero attached hydrogens (tertiary/aromatic N) is 1. The number of carbonyl (C=O) groups excluding carboxylic acids is 2. The molecule has 2 unspecified atom stereocenters. The lowest BCUT2D eigenvalue weighted by Gasteiger charge is -2.36. The summed E-state index contributed by atoms with van der Waals surface area (Å²) in [5.74, 6) is -0.198. The molecule has 21 heavy (non-hydrogen) atoms. The van der Waals surface area contributed by atoms with Crippen molar-refractivity contribution in [3.63, 3.8) is 0 Å². The number of rotatable bonds is 4. The van der Waals surface area contributed by atoms with E-state index < -0.39 is 6.04 Å². The predicted octanol–water partition coefficient (Wildman–Crippen LogP) is -0.883. The van der Waals surface area contributed by atoms with Crippen molar-refractivity contribution in [3.05, 3.63) is 0 Å². The average molecular weight is 299 g/mol. The quantitative estimate of drug-likeness (QED) is 0.704. The van der Waals surface area contributed by atoms with Crippen molar-refractivity contribution < 1.29 is 19.1 Å². The smallest absolute Gasteiger partial charge is 0.245 e. The summed E-state index contributed by atoms with van der Waals surface area (Å²) >= 11 is 0. The topological polar surface area (TPSA) is 79.9 Å². The van der Waals surface area contributed by atoms with Crippen LogP contribution in [-0.4, -0.2) is 74.4 Å². The summed E-state index contributed by atoms with van der Waals surface area (Å²) in [6.45, 7) is 7.10. The van der Waals surface area contributed by atoms with Gasteiger partial charge in [-0.05, 0) is 13.8 Å². The largest absolute Gasteiger partial charge is 0.377 e. The summed E-state index contributed by atoms with van der Waals surface area (Å²) in [6, 6.07) is -0.493. The second-order valence-electron chi connectivity index (χ2n) is 5.74. The summed E-state index contributed by atoms with van der Waals surface area (Å²) in [5.41, 5.74) is 0. The number of carbonyl (C=O) groups is 2. The second kappa shape index (κ2) is 7.72. The summed E-state index contributed by atoms with van der Waals surface area (Å²) < 4.78 is 10.9. The highest BCUT2D eigenvalue weighted by molar-refractivity contribution is 5.88. The zero-order valence-corrected chi connectivity index (χ0v) is 12.8. The van der Waals surface area contributed by atoms with E-state index in [1.807, 2.05) is 13.8 Å². The minimum absolute atomic E-state index is 0.0438. The molecule has 2 fully saturated rings. The van der Waals surface area contributed by atoms with E-state index in [-0.39, 0.29) is 30.6 Å². The van der Waals surface area contributed by atoms with Gasteiger partial charge in [0.05, 0.1) is 32.3 Å². The van der Waals surface area contributed by atoms with Crippen molar-refractivity contribution >= 4 is 11.8 Å². The fraction of sp³-hybridized carbons (Fsp3) is 0.857. The zero-order valence-electron chi connectivity index (χ0n) is 12.8. The van der Waals surface area contributed by atoms with Crippen LogP contribution in [0.15, 0.2) is 0 Å². The summed E-state index contributed by atoms with van der Waals surface area (Å²) in [4.78, 5) is 26.3. The van der Waals surface area contributed by atoms with Crippen molar-refractivity contribution in [1.29, 1.82) is 0 Å². The second-order valence-corrected chi connectivity index (χ2v) is 5.74. The molecule has 0 bridgehead atoms. The van der Waals surface area contributed by atoms with Crippen LogP contribution in [0.1, 0.15) is 20.3 Å². The number of nitrogens with one attached hydrogen (secondary N) is 2. The molecule has 0 aromatic carbocycles. The lowest BCUT2D eigenvalue weighted by Crippen LogP contribution is -2.57. The molecule has 2 atom stereocenters.